The van der Waals surface area contributed by atoms with Crippen LogP contribution in [0.2, 0.25) is 0 Å². The van der Waals surface area contributed by atoms with Gasteiger partial charge in [0.1, 0.15) is 5.75 Å². The molecule has 5 nitrogen and oxygen atoms in total. The number of phenolic OH excluding ortho intramolecular Hbond substituents is 1. The van der Waals surface area contributed by atoms with E-state index in [-0.39, 0.29) is 27.9 Å². The van der Waals surface area contributed by atoms with Crippen LogP contribution in [0.15, 0.2) is 36.4 Å². The van der Waals surface area contributed by atoms with Gasteiger partial charge in [0, 0.05) is 30.9 Å². The number of hydrogen-bond donors (Lipinski definition) is 2. The first-order chi connectivity index (χ1) is 11.7. The lowest BCUT2D eigenvalue weighted by molar-refractivity contribution is 0.0692. The average molecular weight is 339 g/mol. The Labute approximate surface area is 146 Å². The number of benzene rings is 2. The first-order valence-electron chi connectivity index (χ1n) is 8.18. The van der Waals surface area contributed by atoms with Crippen molar-refractivity contribution >= 4 is 17.4 Å². The van der Waals surface area contributed by atoms with Gasteiger partial charge in [-0.3, -0.25) is 4.79 Å². The number of hydrogen-bond acceptors (Lipinski definition) is 4. The van der Waals surface area contributed by atoms with Crippen LogP contribution in [-0.2, 0) is 5.41 Å². The van der Waals surface area contributed by atoms with E-state index in [0.717, 1.165) is 24.2 Å². The summed E-state index contributed by atoms with van der Waals surface area (Å²) in [6.45, 7) is 5.08. The van der Waals surface area contributed by atoms with Gasteiger partial charge in [0.2, 0.25) is 0 Å². The van der Waals surface area contributed by atoms with Crippen molar-refractivity contribution in [1.82, 2.24) is 0 Å². The van der Waals surface area contributed by atoms with E-state index < -0.39 is 11.8 Å². The fraction of sp³-hybridized carbons (Fsp3) is 0.300. The Morgan fingerprint density at radius 3 is 2.36 bits per heavy atom. The molecule has 0 radical (unpaired) electrons. The van der Waals surface area contributed by atoms with Gasteiger partial charge in [0.25, 0.3) is 0 Å². The van der Waals surface area contributed by atoms with E-state index in [2.05, 4.69) is 18.7 Å². The highest BCUT2D eigenvalue weighted by Gasteiger charge is 2.32. The number of fused-ring (bicyclic) bond motifs is 1. The number of rotatable bonds is 3. The SMILES string of the molecule is CN1CCC(C)(C)c2cc(C(=O)c3ccccc3C(=O)O)c(O)cc21. The van der Waals surface area contributed by atoms with Gasteiger partial charge in [-0.1, -0.05) is 32.0 Å². The third kappa shape index (κ3) is 2.86. The predicted molar refractivity (Wildman–Crippen MR) is 95.9 cm³/mol. The summed E-state index contributed by atoms with van der Waals surface area (Å²) in [5, 5.41) is 19.7. The molecule has 2 aromatic carbocycles. The summed E-state index contributed by atoms with van der Waals surface area (Å²) in [7, 11) is 1.95. The summed E-state index contributed by atoms with van der Waals surface area (Å²) in [6.07, 6.45) is 0.931. The van der Waals surface area contributed by atoms with Gasteiger partial charge < -0.3 is 15.1 Å². The van der Waals surface area contributed by atoms with Crippen molar-refractivity contribution in [2.45, 2.75) is 25.7 Å². The van der Waals surface area contributed by atoms with Crippen molar-refractivity contribution in [1.29, 1.82) is 0 Å². The highest BCUT2D eigenvalue weighted by Crippen LogP contribution is 2.42. The number of aromatic carboxylic acids is 1. The molecule has 2 N–H and O–H groups in total. The summed E-state index contributed by atoms with van der Waals surface area (Å²) in [5.41, 5.74) is 1.90. The fourth-order valence-electron chi connectivity index (χ4n) is 3.33. The zero-order chi connectivity index (χ0) is 18.4. The largest absolute Gasteiger partial charge is 0.507 e. The average Bonchev–Trinajstić information content (AvgIpc) is 2.57. The van der Waals surface area contributed by atoms with Crippen molar-refractivity contribution in [3.63, 3.8) is 0 Å². The Bertz CT molecular complexity index is 870. The van der Waals surface area contributed by atoms with Crippen LogP contribution >= 0.6 is 0 Å². The molecule has 1 aliphatic rings. The van der Waals surface area contributed by atoms with Gasteiger partial charge in [-0.15, -0.1) is 0 Å². The standard InChI is InChI=1S/C20H21NO4/c1-20(2)8-9-21(3)16-11-17(22)14(10-15(16)20)18(23)12-6-4-5-7-13(12)19(24)25/h4-7,10-11,22H,8-9H2,1-3H3,(H,24,25). The van der Waals surface area contributed by atoms with Crippen LogP contribution in [0.4, 0.5) is 5.69 Å². The van der Waals surface area contributed by atoms with Crippen molar-refractivity contribution in [2.24, 2.45) is 0 Å². The Kier molecular flexibility index (Phi) is 4.03. The lowest BCUT2D eigenvalue weighted by Crippen LogP contribution is -2.35. The minimum Gasteiger partial charge on any atom is -0.507 e. The molecule has 0 bridgehead atoms. The van der Waals surface area contributed by atoms with Gasteiger partial charge in [0.15, 0.2) is 5.78 Å². The molecule has 0 unspecified atom stereocenters. The molecule has 0 fully saturated rings. The van der Waals surface area contributed by atoms with E-state index in [9.17, 15) is 19.8 Å². The number of carbonyl (C=O) groups is 2. The summed E-state index contributed by atoms with van der Waals surface area (Å²) in [4.78, 5) is 26.4. The third-order valence-corrected chi connectivity index (χ3v) is 4.97. The molecule has 0 saturated heterocycles. The third-order valence-electron chi connectivity index (χ3n) is 4.97. The molecule has 0 saturated carbocycles. The number of phenols is 1. The van der Waals surface area contributed by atoms with E-state index in [0.29, 0.717) is 0 Å². The Balaban J connectivity index is 2.16. The van der Waals surface area contributed by atoms with Crippen LogP contribution in [0.3, 0.4) is 0 Å². The van der Waals surface area contributed by atoms with E-state index in [1.165, 1.54) is 12.1 Å². The van der Waals surface area contributed by atoms with Gasteiger partial charge in [-0.05, 0) is 29.5 Å². The van der Waals surface area contributed by atoms with Crippen molar-refractivity contribution < 1.29 is 19.8 Å². The molecule has 0 atom stereocenters. The molecule has 0 aromatic heterocycles. The number of aromatic hydroxyl groups is 1. The molecule has 5 heteroatoms. The van der Waals surface area contributed by atoms with Crippen molar-refractivity contribution in [3.05, 3.63) is 58.7 Å². The van der Waals surface area contributed by atoms with Crippen molar-refractivity contribution in [3.8, 4) is 5.75 Å². The molecule has 1 heterocycles. The topological polar surface area (TPSA) is 77.8 Å². The maximum Gasteiger partial charge on any atom is 0.336 e. The van der Waals surface area contributed by atoms with E-state index in [4.69, 9.17) is 0 Å². The monoisotopic (exact) mass is 339 g/mol. The van der Waals surface area contributed by atoms with Crippen LogP contribution in [0.25, 0.3) is 0 Å². The lowest BCUT2D eigenvalue weighted by Gasteiger charge is -2.38. The zero-order valence-electron chi connectivity index (χ0n) is 14.5. The smallest absolute Gasteiger partial charge is 0.336 e. The molecule has 2 aromatic rings. The predicted octanol–water partition coefficient (Wildman–Crippen LogP) is 3.44. The first kappa shape index (κ1) is 17.0. The van der Waals surface area contributed by atoms with Crippen LogP contribution < -0.4 is 4.90 Å². The number of ketones is 1. The molecule has 0 spiro atoms. The van der Waals surface area contributed by atoms with Gasteiger partial charge in [0.05, 0.1) is 11.1 Å². The van der Waals surface area contributed by atoms with E-state index in [1.807, 2.05) is 7.05 Å². The lowest BCUT2D eigenvalue weighted by atomic mass is 9.76. The number of nitrogens with zero attached hydrogens (tertiary/aromatic N) is 1. The Hall–Kier alpha value is -2.82. The second kappa shape index (κ2) is 5.92. The van der Waals surface area contributed by atoms with Crippen LogP contribution in [-0.4, -0.2) is 35.6 Å². The maximum atomic E-state index is 12.9. The molecule has 25 heavy (non-hydrogen) atoms. The Morgan fingerprint density at radius 2 is 1.72 bits per heavy atom. The minimum atomic E-state index is -1.17. The first-order valence-corrected chi connectivity index (χ1v) is 8.18. The molecular weight excluding hydrogens is 318 g/mol. The van der Waals surface area contributed by atoms with Gasteiger partial charge >= 0.3 is 5.97 Å². The molecule has 3 rings (SSSR count). The van der Waals surface area contributed by atoms with Gasteiger partial charge in [-0.2, -0.15) is 0 Å². The van der Waals surface area contributed by atoms with Gasteiger partial charge in [-0.25, -0.2) is 4.79 Å². The second-order valence-electron chi connectivity index (χ2n) is 7.12. The summed E-state index contributed by atoms with van der Waals surface area (Å²) >= 11 is 0. The van der Waals surface area contributed by atoms with Crippen molar-refractivity contribution in [2.75, 3.05) is 18.5 Å². The highest BCUT2D eigenvalue weighted by atomic mass is 16.4. The normalized spacial score (nSPS) is 15.6. The number of carboxylic acids is 1. The molecule has 1 aliphatic heterocycles. The van der Waals surface area contributed by atoms with E-state index >= 15 is 0 Å². The van der Waals surface area contributed by atoms with Crippen LogP contribution in [0.1, 0.15) is 52.1 Å². The fourth-order valence-corrected chi connectivity index (χ4v) is 3.33. The number of anilines is 1. The van der Waals surface area contributed by atoms with Crippen LogP contribution in [0, 0.1) is 0 Å². The molecule has 130 valence electrons. The number of carbonyl (C=O) groups excluding carboxylic acids is 1. The Morgan fingerprint density at radius 1 is 1.08 bits per heavy atom. The molecular formula is C20H21NO4. The molecule has 0 amide bonds. The summed E-state index contributed by atoms with van der Waals surface area (Å²) in [6, 6.07) is 9.37. The maximum absolute atomic E-state index is 12.9. The zero-order valence-corrected chi connectivity index (χ0v) is 14.5. The minimum absolute atomic E-state index is 0.0685. The number of carboxylic acid groups (broad SMARTS) is 1. The molecule has 0 aliphatic carbocycles. The second-order valence-corrected chi connectivity index (χ2v) is 7.12. The highest BCUT2D eigenvalue weighted by molar-refractivity contribution is 6.15. The summed E-state index contributed by atoms with van der Waals surface area (Å²) in [5.74, 6) is -1.78. The van der Waals surface area contributed by atoms with Crippen LogP contribution in [0.5, 0.6) is 5.75 Å². The summed E-state index contributed by atoms with van der Waals surface area (Å²) < 4.78 is 0. The quantitative estimate of drug-likeness (QED) is 0.838. The van der Waals surface area contributed by atoms with E-state index in [1.54, 1.807) is 24.3 Å².